The molecule has 0 atom stereocenters. The number of ether oxygens (including phenoxy) is 2. The van der Waals surface area contributed by atoms with Crippen molar-refractivity contribution in [3.05, 3.63) is 18.2 Å². The van der Waals surface area contributed by atoms with Gasteiger partial charge in [0.1, 0.15) is 11.5 Å². The summed E-state index contributed by atoms with van der Waals surface area (Å²) >= 11 is 0. The van der Waals surface area contributed by atoms with Gasteiger partial charge in [-0.25, -0.2) is 4.79 Å². The van der Waals surface area contributed by atoms with Gasteiger partial charge < -0.3 is 20.1 Å². The number of carbonyl (C=O) groups is 1. The molecule has 0 spiro atoms. The van der Waals surface area contributed by atoms with Gasteiger partial charge in [-0.3, -0.25) is 0 Å². The topological polar surface area (TPSA) is 59.6 Å². The van der Waals surface area contributed by atoms with Gasteiger partial charge in [0.05, 0.1) is 19.4 Å². The van der Waals surface area contributed by atoms with E-state index in [-0.39, 0.29) is 11.6 Å². The molecule has 118 valence electrons. The molecular formula is C16H26N2O3. The van der Waals surface area contributed by atoms with E-state index in [0.29, 0.717) is 23.8 Å². The van der Waals surface area contributed by atoms with Crippen LogP contribution in [0.1, 0.15) is 40.5 Å². The van der Waals surface area contributed by atoms with Crippen molar-refractivity contribution in [1.82, 2.24) is 5.32 Å². The molecule has 1 aromatic rings. The molecule has 5 nitrogen and oxygen atoms in total. The predicted molar refractivity (Wildman–Crippen MR) is 85.3 cm³/mol. The minimum atomic E-state index is -0.299. The summed E-state index contributed by atoms with van der Waals surface area (Å²) < 4.78 is 10.9. The van der Waals surface area contributed by atoms with Crippen molar-refractivity contribution in [2.45, 2.75) is 46.1 Å². The third kappa shape index (κ3) is 6.38. The second kappa shape index (κ2) is 7.76. The van der Waals surface area contributed by atoms with Crippen LogP contribution in [0.5, 0.6) is 11.5 Å². The largest absolute Gasteiger partial charge is 0.497 e. The summed E-state index contributed by atoms with van der Waals surface area (Å²) in [6.07, 6.45) is 2.03. The summed E-state index contributed by atoms with van der Waals surface area (Å²) in [5, 5.41) is 5.67. The van der Waals surface area contributed by atoms with Gasteiger partial charge in [0.15, 0.2) is 0 Å². The molecule has 21 heavy (non-hydrogen) atoms. The molecule has 0 aliphatic carbocycles. The van der Waals surface area contributed by atoms with E-state index in [0.717, 1.165) is 12.8 Å². The van der Waals surface area contributed by atoms with Crippen LogP contribution < -0.4 is 20.1 Å². The van der Waals surface area contributed by atoms with Crippen LogP contribution in [0.3, 0.4) is 0 Å². The molecule has 0 saturated heterocycles. The fourth-order valence-electron chi connectivity index (χ4n) is 1.68. The number of hydrogen-bond donors (Lipinski definition) is 2. The first-order valence-corrected chi connectivity index (χ1v) is 7.25. The minimum Gasteiger partial charge on any atom is -0.497 e. The number of nitrogens with one attached hydrogen (secondary N) is 2. The summed E-state index contributed by atoms with van der Waals surface area (Å²) in [7, 11) is 1.59. The normalized spacial score (nSPS) is 10.9. The molecule has 0 bridgehead atoms. The highest BCUT2D eigenvalue weighted by molar-refractivity contribution is 5.91. The molecule has 0 heterocycles. The van der Waals surface area contributed by atoms with Crippen LogP contribution in [0.15, 0.2) is 18.2 Å². The fourth-order valence-corrected chi connectivity index (χ4v) is 1.68. The lowest BCUT2D eigenvalue weighted by atomic mass is 10.1. The fraction of sp³-hybridized carbons (Fsp3) is 0.562. The van der Waals surface area contributed by atoms with Crippen LogP contribution in [0.2, 0.25) is 0 Å². The standard InChI is InChI=1S/C16H26N2O3/c1-6-7-10-21-14-9-8-12(20-5)11-13(14)17-15(19)18-16(2,3)4/h8-9,11H,6-7,10H2,1-5H3,(H2,17,18,19). The van der Waals surface area contributed by atoms with Crippen molar-refractivity contribution in [3.63, 3.8) is 0 Å². The lowest BCUT2D eigenvalue weighted by molar-refractivity contribution is 0.243. The molecule has 1 aromatic carbocycles. The van der Waals surface area contributed by atoms with E-state index in [1.807, 2.05) is 26.8 Å². The van der Waals surface area contributed by atoms with Crippen LogP contribution in [0.4, 0.5) is 10.5 Å². The monoisotopic (exact) mass is 294 g/mol. The average molecular weight is 294 g/mol. The third-order valence-electron chi connectivity index (χ3n) is 2.68. The zero-order valence-electron chi connectivity index (χ0n) is 13.6. The molecule has 0 aliphatic heterocycles. The van der Waals surface area contributed by atoms with Gasteiger partial charge in [-0.2, -0.15) is 0 Å². The molecule has 1 rings (SSSR count). The van der Waals surface area contributed by atoms with Gasteiger partial charge in [0.25, 0.3) is 0 Å². The predicted octanol–water partition coefficient (Wildman–Crippen LogP) is 3.79. The Balaban J connectivity index is 2.83. The first-order chi connectivity index (χ1) is 9.85. The summed E-state index contributed by atoms with van der Waals surface area (Å²) in [5.41, 5.74) is 0.304. The van der Waals surface area contributed by atoms with Gasteiger partial charge in [-0.1, -0.05) is 13.3 Å². The van der Waals surface area contributed by atoms with Crippen LogP contribution in [-0.2, 0) is 0 Å². The van der Waals surface area contributed by atoms with E-state index in [1.54, 1.807) is 19.2 Å². The zero-order chi connectivity index (χ0) is 15.9. The van der Waals surface area contributed by atoms with Crippen molar-refractivity contribution < 1.29 is 14.3 Å². The second-order valence-corrected chi connectivity index (χ2v) is 5.89. The highest BCUT2D eigenvalue weighted by Crippen LogP contribution is 2.29. The van der Waals surface area contributed by atoms with Crippen molar-refractivity contribution in [2.75, 3.05) is 19.0 Å². The van der Waals surface area contributed by atoms with Gasteiger partial charge >= 0.3 is 6.03 Å². The van der Waals surface area contributed by atoms with Crippen molar-refractivity contribution in [3.8, 4) is 11.5 Å². The van der Waals surface area contributed by atoms with E-state index in [9.17, 15) is 4.79 Å². The smallest absolute Gasteiger partial charge is 0.319 e. The average Bonchev–Trinajstić information content (AvgIpc) is 2.38. The number of anilines is 1. The van der Waals surface area contributed by atoms with Gasteiger partial charge in [-0.15, -0.1) is 0 Å². The Hall–Kier alpha value is -1.91. The van der Waals surface area contributed by atoms with Crippen LogP contribution >= 0.6 is 0 Å². The maximum Gasteiger partial charge on any atom is 0.319 e. The Bertz CT molecular complexity index is 467. The van der Waals surface area contributed by atoms with Gasteiger partial charge in [0.2, 0.25) is 0 Å². The van der Waals surface area contributed by atoms with Crippen LogP contribution in [0.25, 0.3) is 0 Å². The third-order valence-corrected chi connectivity index (χ3v) is 2.68. The Morgan fingerprint density at radius 1 is 1.29 bits per heavy atom. The molecule has 5 heteroatoms. The summed E-state index contributed by atoms with van der Waals surface area (Å²) in [4.78, 5) is 12.0. The zero-order valence-corrected chi connectivity index (χ0v) is 13.6. The molecule has 2 N–H and O–H groups in total. The molecule has 0 aliphatic rings. The van der Waals surface area contributed by atoms with E-state index < -0.39 is 0 Å². The van der Waals surface area contributed by atoms with Crippen LogP contribution in [0, 0.1) is 0 Å². The lowest BCUT2D eigenvalue weighted by Gasteiger charge is -2.21. The molecular weight excluding hydrogens is 268 g/mol. The number of methoxy groups -OCH3 is 1. The van der Waals surface area contributed by atoms with E-state index in [1.165, 1.54) is 0 Å². The molecule has 0 unspecified atom stereocenters. The number of rotatable bonds is 6. The van der Waals surface area contributed by atoms with Crippen molar-refractivity contribution >= 4 is 11.7 Å². The number of amides is 2. The second-order valence-electron chi connectivity index (χ2n) is 5.89. The molecule has 2 amide bonds. The number of unbranched alkanes of at least 4 members (excludes halogenated alkanes) is 1. The maximum atomic E-state index is 12.0. The van der Waals surface area contributed by atoms with Crippen LogP contribution in [-0.4, -0.2) is 25.3 Å². The number of hydrogen-bond acceptors (Lipinski definition) is 3. The van der Waals surface area contributed by atoms with Crippen molar-refractivity contribution in [1.29, 1.82) is 0 Å². The van der Waals surface area contributed by atoms with Crippen molar-refractivity contribution in [2.24, 2.45) is 0 Å². The number of urea groups is 1. The first-order valence-electron chi connectivity index (χ1n) is 7.25. The Morgan fingerprint density at radius 2 is 2.00 bits per heavy atom. The SMILES string of the molecule is CCCCOc1ccc(OC)cc1NC(=O)NC(C)(C)C. The summed E-state index contributed by atoms with van der Waals surface area (Å²) in [5.74, 6) is 1.32. The highest BCUT2D eigenvalue weighted by atomic mass is 16.5. The summed E-state index contributed by atoms with van der Waals surface area (Å²) in [6, 6.07) is 5.11. The summed E-state index contributed by atoms with van der Waals surface area (Å²) in [6.45, 7) is 8.51. The molecule has 0 aromatic heterocycles. The molecule has 0 fully saturated rings. The molecule has 0 radical (unpaired) electrons. The van der Waals surface area contributed by atoms with E-state index in [4.69, 9.17) is 9.47 Å². The number of carbonyl (C=O) groups excluding carboxylic acids is 1. The quantitative estimate of drug-likeness (QED) is 0.785. The Kier molecular flexibility index (Phi) is 6.34. The molecule has 0 saturated carbocycles. The Labute approximate surface area is 127 Å². The van der Waals surface area contributed by atoms with Gasteiger partial charge in [-0.05, 0) is 39.3 Å². The first kappa shape index (κ1) is 17.1. The lowest BCUT2D eigenvalue weighted by Crippen LogP contribution is -2.43. The van der Waals surface area contributed by atoms with E-state index in [2.05, 4.69) is 17.6 Å². The number of benzene rings is 1. The van der Waals surface area contributed by atoms with Gasteiger partial charge in [0, 0.05) is 11.6 Å². The Morgan fingerprint density at radius 3 is 2.57 bits per heavy atom. The minimum absolute atomic E-state index is 0.268. The van der Waals surface area contributed by atoms with E-state index >= 15 is 0 Å². The maximum absolute atomic E-state index is 12.0. The highest BCUT2D eigenvalue weighted by Gasteiger charge is 2.15.